The summed E-state index contributed by atoms with van der Waals surface area (Å²) in [4.78, 5) is 0. The highest BCUT2D eigenvalue weighted by Gasteiger charge is 2.36. The van der Waals surface area contributed by atoms with Gasteiger partial charge in [-0.15, -0.1) is 0 Å². The molecule has 5 atom stereocenters. The number of rotatable bonds is 5. The third-order valence-electron chi connectivity index (χ3n) is 4.71. The van der Waals surface area contributed by atoms with Crippen LogP contribution in [-0.4, -0.2) is 34.6 Å². The molecule has 112 valence electrons. The Labute approximate surface area is 128 Å². The Morgan fingerprint density at radius 1 is 1.16 bits per heavy atom. The van der Waals surface area contributed by atoms with Crippen LogP contribution in [0.5, 0.6) is 0 Å². The molecule has 2 rings (SSSR count). The number of nitrogens with one attached hydrogen (secondary N) is 1. The molecule has 3 heteroatoms. The van der Waals surface area contributed by atoms with Gasteiger partial charge in [-0.3, -0.25) is 0 Å². The van der Waals surface area contributed by atoms with Crippen molar-refractivity contribution in [3.05, 3.63) is 0 Å². The van der Waals surface area contributed by atoms with Crippen LogP contribution in [0.15, 0.2) is 0 Å². The fraction of sp³-hybridized carbons (Fsp3) is 1.00. The van der Waals surface area contributed by atoms with E-state index < -0.39 is 0 Å². The van der Waals surface area contributed by atoms with Crippen LogP contribution in [0.3, 0.4) is 0 Å². The van der Waals surface area contributed by atoms with Crippen LogP contribution >= 0.6 is 23.5 Å². The third-order valence-corrected chi connectivity index (χ3v) is 7.92. The van der Waals surface area contributed by atoms with Crippen molar-refractivity contribution in [1.82, 2.24) is 5.32 Å². The molecule has 1 saturated heterocycles. The van der Waals surface area contributed by atoms with Gasteiger partial charge in [0.25, 0.3) is 0 Å². The van der Waals surface area contributed by atoms with Crippen molar-refractivity contribution in [2.75, 3.05) is 18.1 Å². The number of hydrogen-bond acceptors (Lipinski definition) is 3. The minimum atomic E-state index is 0.760. The average molecular weight is 302 g/mol. The summed E-state index contributed by atoms with van der Waals surface area (Å²) in [7, 11) is 0. The van der Waals surface area contributed by atoms with Crippen LogP contribution in [-0.2, 0) is 0 Å². The van der Waals surface area contributed by atoms with Gasteiger partial charge in [0.2, 0.25) is 0 Å². The summed E-state index contributed by atoms with van der Waals surface area (Å²) in [6.45, 7) is 8.40. The second-order valence-electron chi connectivity index (χ2n) is 6.42. The summed E-state index contributed by atoms with van der Waals surface area (Å²) in [6, 6.07) is 0.760. The average Bonchev–Trinajstić information content (AvgIpc) is 2.41. The molecule has 0 aromatic rings. The van der Waals surface area contributed by atoms with E-state index in [1.165, 1.54) is 50.2 Å². The molecule has 1 N–H and O–H groups in total. The highest BCUT2D eigenvalue weighted by molar-refractivity contribution is 8.07. The molecule has 1 aliphatic carbocycles. The van der Waals surface area contributed by atoms with Gasteiger partial charge in [-0.1, -0.05) is 33.6 Å². The summed E-state index contributed by atoms with van der Waals surface area (Å²) in [5, 5.41) is 5.58. The predicted octanol–water partition coefficient (Wildman–Crippen LogP) is 4.42. The molecule has 0 radical (unpaired) electrons. The summed E-state index contributed by atoms with van der Waals surface area (Å²) >= 11 is 4.43. The van der Waals surface area contributed by atoms with Crippen LogP contribution < -0.4 is 5.32 Å². The van der Waals surface area contributed by atoms with Gasteiger partial charge in [0.1, 0.15) is 0 Å². The number of hydrogen-bond donors (Lipinski definition) is 1. The van der Waals surface area contributed by atoms with Gasteiger partial charge in [-0.2, -0.15) is 23.5 Å². The maximum Gasteiger partial charge on any atom is 0.0320 e. The van der Waals surface area contributed by atoms with Crippen LogP contribution in [0.1, 0.15) is 52.9 Å². The lowest BCUT2D eigenvalue weighted by molar-refractivity contribution is 0.218. The molecule has 2 fully saturated rings. The molecule has 2 aliphatic rings. The quantitative estimate of drug-likeness (QED) is 0.807. The van der Waals surface area contributed by atoms with Crippen LogP contribution in [0.25, 0.3) is 0 Å². The third kappa shape index (κ3) is 4.57. The van der Waals surface area contributed by atoms with Crippen LogP contribution in [0.2, 0.25) is 0 Å². The zero-order valence-electron chi connectivity index (χ0n) is 12.9. The first kappa shape index (κ1) is 16.0. The molecule has 0 aromatic carbocycles. The van der Waals surface area contributed by atoms with Gasteiger partial charge >= 0.3 is 0 Å². The predicted molar refractivity (Wildman–Crippen MR) is 91.4 cm³/mol. The molecule has 0 aromatic heterocycles. The maximum absolute atomic E-state index is 3.93. The van der Waals surface area contributed by atoms with Crippen molar-refractivity contribution >= 4 is 23.5 Å². The topological polar surface area (TPSA) is 12.0 Å². The van der Waals surface area contributed by atoms with Gasteiger partial charge in [0.05, 0.1) is 0 Å². The van der Waals surface area contributed by atoms with Gasteiger partial charge in [0.15, 0.2) is 0 Å². The molecule has 19 heavy (non-hydrogen) atoms. The Balaban J connectivity index is 2.00. The lowest BCUT2D eigenvalue weighted by atomic mass is 9.77. The standard InChI is InChI=1S/C16H31NS2/c1-4-8-17-15(14-7-5-6-12(2)11-14)16-13(3)18-9-10-19-16/h12-17H,4-11H2,1-3H3. The van der Waals surface area contributed by atoms with E-state index in [2.05, 4.69) is 49.6 Å². The van der Waals surface area contributed by atoms with Gasteiger partial charge in [0, 0.05) is 28.0 Å². The first-order valence-corrected chi connectivity index (χ1v) is 10.3. The summed E-state index contributed by atoms with van der Waals surface area (Å²) in [5.41, 5.74) is 0. The second-order valence-corrected chi connectivity index (χ2v) is 9.19. The fourth-order valence-electron chi connectivity index (χ4n) is 3.71. The van der Waals surface area contributed by atoms with E-state index >= 15 is 0 Å². The maximum atomic E-state index is 3.93. The van der Waals surface area contributed by atoms with Gasteiger partial charge < -0.3 is 5.32 Å². The smallest absolute Gasteiger partial charge is 0.0320 e. The van der Waals surface area contributed by atoms with E-state index in [-0.39, 0.29) is 0 Å². The van der Waals surface area contributed by atoms with Crippen molar-refractivity contribution in [2.45, 2.75) is 69.4 Å². The molecule has 1 nitrogen and oxygen atoms in total. The molecule has 5 unspecified atom stereocenters. The second kappa shape index (κ2) is 8.19. The largest absolute Gasteiger partial charge is 0.313 e. The van der Waals surface area contributed by atoms with Crippen molar-refractivity contribution in [2.24, 2.45) is 11.8 Å². The van der Waals surface area contributed by atoms with E-state index in [4.69, 9.17) is 0 Å². The molecular formula is C16H31NS2. The molecule has 1 heterocycles. The zero-order valence-corrected chi connectivity index (χ0v) is 14.5. The first-order valence-electron chi connectivity index (χ1n) is 8.19. The van der Waals surface area contributed by atoms with Crippen LogP contribution in [0.4, 0.5) is 0 Å². The lowest BCUT2D eigenvalue weighted by Gasteiger charge is -2.42. The fourth-order valence-corrected chi connectivity index (χ4v) is 6.75. The lowest BCUT2D eigenvalue weighted by Crippen LogP contribution is -2.50. The van der Waals surface area contributed by atoms with E-state index in [1.807, 2.05) is 0 Å². The minimum absolute atomic E-state index is 0.760. The molecule has 1 aliphatic heterocycles. The number of thioether (sulfide) groups is 2. The highest BCUT2D eigenvalue weighted by atomic mass is 32.2. The van der Waals surface area contributed by atoms with Gasteiger partial charge in [-0.05, 0) is 37.6 Å². The monoisotopic (exact) mass is 301 g/mol. The Kier molecular flexibility index (Phi) is 6.91. The van der Waals surface area contributed by atoms with Crippen LogP contribution in [0, 0.1) is 11.8 Å². The first-order chi connectivity index (χ1) is 9.22. The molecule has 1 saturated carbocycles. The van der Waals surface area contributed by atoms with Crippen molar-refractivity contribution < 1.29 is 0 Å². The Bertz CT molecular complexity index is 259. The SMILES string of the molecule is CCCNC(C1CCCC(C)C1)C1SCCSC1C. The summed E-state index contributed by atoms with van der Waals surface area (Å²) < 4.78 is 0. The summed E-state index contributed by atoms with van der Waals surface area (Å²) in [5.74, 6) is 4.58. The normalized spacial score (nSPS) is 38.1. The van der Waals surface area contributed by atoms with E-state index in [0.29, 0.717) is 0 Å². The Morgan fingerprint density at radius 2 is 1.95 bits per heavy atom. The zero-order chi connectivity index (χ0) is 13.7. The van der Waals surface area contributed by atoms with E-state index in [0.717, 1.165) is 28.4 Å². The Hall–Kier alpha value is 0.660. The van der Waals surface area contributed by atoms with Crippen molar-refractivity contribution in [3.8, 4) is 0 Å². The minimum Gasteiger partial charge on any atom is -0.313 e. The molecular weight excluding hydrogens is 270 g/mol. The van der Waals surface area contributed by atoms with E-state index in [1.54, 1.807) is 0 Å². The van der Waals surface area contributed by atoms with Crippen molar-refractivity contribution in [1.29, 1.82) is 0 Å². The van der Waals surface area contributed by atoms with Crippen molar-refractivity contribution in [3.63, 3.8) is 0 Å². The molecule has 0 amide bonds. The summed E-state index contributed by atoms with van der Waals surface area (Å²) in [6.07, 6.45) is 7.09. The van der Waals surface area contributed by atoms with Gasteiger partial charge in [-0.25, -0.2) is 0 Å². The molecule has 0 bridgehead atoms. The highest BCUT2D eigenvalue weighted by Crippen LogP contribution is 2.39. The van der Waals surface area contributed by atoms with E-state index in [9.17, 15) is 0 Å². The Morgan fingerprint density at radius 3 is 2.63 bits per heavy atom. The molecule has 0 spiro atoms.